The Bertz CT molecular complexity index is 1230. The molecule has 1 aliphatic rings. The first-order chi connectivity index (χ1) is 13.7. The van der Waals surface area contributed by atoms with Crippen LogP contribution in [0.5, 0.6) is 0 Å². The Morgan fingerprint density at radius 3 is 2.61 bits per heavy atom. The Labute approximate surface area is 160 Å². The Hall–Kier alpha value is -3.93. The monoisotopic (exact) mass is 368 g/mol. The number of carbonyl (C=O) groups excluding carboxylic acids is 1. The van der Waals surface area contributed by atoms with Crippen molar-refractivity contribution in [3.63, 3.8) is 0 Å². The SMILES string of the molecule is CC1=NNC(=O)C1=Cc1cn(-c2ccccc2)nc1-c1cc2ccccc2o1. The molecule has 0 saturated carbocycles. The predicted octanol–water partition coefficient (Wildman–Crippen LogP) is 4.17. The second kappa shape index (κ2) is 6.35. The number of nitrogens with one attached hydrogen (secondary N) is 1. The summed E-state index contributed by atoms with van der Waals surface area (Å²) < 4.78 is 7.81. The molecule has 0 saturated heterocycles. The standard InChI is InChI=1S/C22H16N4O2/c1-14-18(22(27)24-23-14)11-16-13-26(17-8-3-2-4-9-17)25-21(16)20-12-15-7-5-6-10-19(15)28-20/h2-13H,1H3,(H,24,27). The predicted molar refractivity (Wildman–Crippen MR) is 108 cm³/mol. The van der Waals surface area contributed by atoms with Gasteiger partial charge >= 0.3 is 0 Å². The van der Waals surface area contributed by atoms with Gasteiger partial charge in [-0.05, 0) is 37.3 Å². The van der Waals surface area contributed by atoms with Crippen LogP contribution >= 0.6 is 0 Å². The molecule has 6 heteroatoms. The van der Waals surface area contributed by atoms with Crippen molar-refractivity contribution in [3.8, 4) is 17.1 Å². The van der Waals surface area contributed by atoms with Gasteiger partial charge in [0.2, 0.25) is 0 Å². The van der Waals surface area contributed by atoms with E-state index < -0.39 is 0 Å². The molecule has 0 fully saturated rings. The number of hydrogen-bond donors (Lipinski definition) is 1. The normalized spacial score (nSPS) is 15.2. The molecule has 0 atom stereocenters. The van der Waals surface area contributed by atoms with Crippen molar-refractivity contribution in [2.75, 3.05) is 0 Å². The summed E-state index contributed by atoms with van der Waals surface area (Å²) in [6, 6.07) is 19.6. The second-order valence-corrected chi connectivity index (χ2v) is 6.56. The molecule has 28 heavy (non-hydrogen) atoms. The summed E-state index contributed by atoms with van der Waals surface area (Å²) in [5.74, 6) is 0.427. The second-order valence-electron chi connectivity index (χ2n) is 6.56. The van der Waals surface area contributed by atoms with E-state index >= 15 is 0 Å². The highest BCUT2D eigenvalue weighted by atomic mass is 16.3. The number of hydrazone groups is 1. The summed E-state index contributed by atoms with van der Waals surface area (Å²) in [5, 5.41) is 9.74. The van der Waals surface area contributed by atoms with Crippen LogP contribution < -0.4 is 5.43 Å². The molecule has 3 heterocycles. The molecular formula is C22H16N4O2. The lowest BCUT2D eigenvalue weighted by molar-refractivity contribution is -0.116. The molecule has 2 aromatic carbocycles. The molecule has 1 amide bonds. The lowest BCUT2D eigenvalue weighted by Crippen LogP contribution is -2.12. The van der Waals surface area contributed by atoms with Gasteiger partial charge < -0.3 is 4.42 Å². The molecule has 0 unspecified atom stereocenters. The van der Waals surface area contributed by atoms with E-state index in [1.165, 1.54) is 0 Å². The summed E-state index contributed by atoms with van der Waals surface area (Å²) in [4.78, 5) is 12.1. The summed E-state index contributed by atoms with van der Waals surface area (Å²) in [6.07, 6.45) is 3.69. The van der Waals surface area contributed by atoms with E-state index in [9.17, 15) is 4.79 Å². The number of fused-ring (bicyclic) bond motifs is 1. The summed E-state index contributed by atoms with van der Waals surface area (Å²) >= 11 is 0. The maximum Gasteiger partial charge on any atom is 0.273 e. The quantitative estimate of drug-likeness (QED) is 0.552. The van der Waals surface area contributed by atoms with E-state index in [-0.39, 0.29) is 5.91 Å². The fourth-order valence-electron chi connectivity index (χ4n) is 3.24. The minimum atomic E-state index is -0.222. The third kappa shape index (κ3) is 2.72. The number of para-hydroxylation sites is 2. The maximum atomic E-state index is 12.1. The smallest absolute Gasteiger partial charge is 0.273 e. The molecule has 1 N–H and O–H groups in total. The van der Waals surface area contributed by atoms with Crippen molar-refractivity contribution < 1.29 is 9.21 Å². The zero-order valence-corrected chi connectivity index (χ0v) is 15.1. The van der Waals surface area contributed by atoms with Crippen LogP contribution in [-0.2, 0) is 4.79 Å². The van der Waals surface area contributed by atoms with Gasteiger partial charge in [-0.2, -0.15) is 10.2 Å². The molecular weight excluding hydrogens is 352 g/mol. The Kier molecular flexibility index (Phi) is 3.69. The highest BCUT2D eigenvalue weighted by Crippen LogP contribution is 2.31. The van der Waals surface area contributed by atoms with Crippen LogP contribution in [0, 0.1) is 0 Å². The molecule has 0 bridgehead atoms. The zero-order chi connectivity index (χ0) is 19.1. The van der Waals surface area contributed by atoms with Gasteiger partial charge in [-0.3, -0.25) is 4.79 Å². The summed E-state index contributed by atoms with van der Waals surface area (Å²) in [5.41, 5.74) is 6.82. The van der Waals surface area contributed by atoms with E-state index in [2.05, 4.69) is 10.5 Å². The number of benzene rings is 2. The van der Waals surface area contributed by atoms with Crippen LogP contribution in [0.15, 0.2) is 82.0 Å². The number of rotatable bonds is 3. The first-order valence-electron chi connectivity index (χ1n) is 8.90. The minimum absolute atomic E-state index is 0.222. The van der Waals surface area contributed by atoms with Gasteiger partial charge in [-0.25, -0.2) is 10.1 Å². The highest BCUT2D eigenvalue weighted by Gasteiger charge is 2.22. The van der Waals surface area contributed by atoms with E-state index in [1.54, 1.807) is 17.7 Å². The number of nitrogens with zero attached hydrogens (tertiary/aromatic N) is 3. The Morgan fingerprint density at radius 1 is 1.07 bits per heavy atom. The van der Waals surface area contributed by atoms with Crippen LogP contribution in [-0.4, -0.2) is 21.4 Å². The topological polar surface area (TPSA) is 72.4 Å². The molecule has 0 aliphatic carbocycles. The van der Waals surface area contributed by atoms with Crippen molar-refractivity contribution in [3.05, 3.63) is 78.0 Å². The lowest BCUT2D eigenvalue weighted by atomic mass is 10.1. The maximum absolute atomic E-state index is 12.1. The van der Waals surface area contributed by atoms with Crippen molar-refractivity contribution in [1.29, 1.82) is 0 Å². The van der Waals surface area contributed by atoms with Gasteiger partial charge in [0.25, 0.3) is 5.91 Å². The van der Waals surface area contributed by atoms with E-state index in [1.807, 2.05) is 66.9 Å². The van der Waals surface area contributed by atoms with Crippen molar-refractivity contribution in [1.82, 2.24) is 15.2 Å². The molecule has 0 spiro atoms. The molecule has 2 aromatic heterocycles. The lowest BCUT2D eigenvalue weighted by Gasteiger charge is -1.98. The van der Waals surface area contributed by atoms with Crippen LogP contribution in [0.2, 0.25) is 0 Å². The van der Waals surface area contributed by atoms with Crippen LogP contribution in [0.3, 0.4) is 0 Å². The number of amides is 1. The molecule has 136 valence electrons. The summed E-state index contributed by atoms with van der Waals surface area (Å²) in [6.45, 7) is 1.80. The number of furan rings is 1. The zero-order valence-electron chi connectivity index (χ0n) is 15.1. The molecule has 5 rings (SSSR count). The number of hydrogen-bond acceptors (Lipinski definition) is 4. The minimum Gasteiger partial charge on any atom is -0.454 e. The van der Waals surface area contributed by atoms with Gasteiger partial charge in [0.15, 0.2) is 5.76 Å². The fraction of sp³-hybridized carbons (Fsp3) is 0.0455. The van der Waals surface area contributed by atoms with Crippen LogP contribution in [0.4, 0.5) is 0 Å². The van der Waals surface area contributed by atoms with Crippen molar-refractivity contribution in [2.24, 2.45) is 5.10 Å². The van der Waals surface area contributed by atoms with E-state index in [4.69, 9.17) is 9.52 Å². The third-order valence-corrected chi connectivity index (χ3v) is 4.68. The van der Waals surface area contributed by atoms with Gasteiger partial charge in [0.05, 0.1) is 17.0 Å². The Morgan fingerprint density at radius 2 is 1.86 bits per heavy atom. The van der Waals surface area contributed by atoms with Gasteiger partial charge in [0, 0.05) is 17.1 Å². The average Bonchev–Trinajstić information content (AvgIpc) is 3.41. The number of carbonyl (C=O) groups is 1. The first-order valence-corrected chi connectivity index (χ1v) is 8.90. The van der Waals surface area contributed by atoms with Crippen LogP contribution in [0.25, 0.3) is 34.2 Å². The van der Waals surface area contributed by atoms with Gasteiger partial charge in [-0.15, -0.1) is 0 Å². The number of aromatic nitrogens is 2. The summed E-state index contributed by atoms with van der Waals surface area (Å²) in [7, 11) is 0. The molecule has 4 aromatic rings. The molecule has 1 aliphatic heterocycles. The first kappa shape index (κ1) is 16.3. The molecule has 6 nitrogen and oxygen atoms in total. The van der Waals surface area contributed by atoms with Gasteiger partial charge in [-0.1, -0.05) is 36.4 Å². The Balaban J connectivity index is 1.70. The van der Waals surface area contributed by atoms with Crippen molar-refractivity contribution >= 4 is 28.7 Å². The third-order valence-electron chi connectivity index (χ3n) is 4.68. The average molecular weight is 368 g/mol. The van der Waals surface area contributed by atoms with Crippen LogP contribution in [0.1, 0.15) is 12.5 Å². The van der Waals surface area contributed by atoms with E-state index in [0.717, 1.165) is 22.2 Å². The largest absolute Gasteiger partial charge is 0.454 e. The fourth-order valence-corrected chi connectivity index (χ4v) is 3.24. The van der Waals surface area contributed by atoms with Crippen molar-refractivity contribution in [2.45, 2.75) is 6.92 Å². The van der Waals surface area contributed by atoms with Gasteiger partial charge in [0.1, 0.15) is 11.3 Å². The van der Waals surface area contributed by atoms with E-state index in [0.29, 0.717) is 22.7 Å². The highest BCUT2D eigenvalue weighted by molar-refractivity contribution is 6.26. The molecule has 0 radical (unpaired) electrons.